The van der Waals surface area contributed by atoms with Crippen LogP contribution in [0, 0.1) is 0 Å². The highest BCUT2D eigenvalue weighted by Crippen LogP contribution is 2.35. The van der Waals surface area contributed by atoms with Gasteiger partial charge < -0.3 is 20.3 Å². The molecule has 0 radical (unpaired) electrons. The molecule has 1 unspecified atom stereocenters. The molecule has 3 N–H and O–H groups in total. The molecule has 0 saturated heterocycles. The predicted octanol–water partition coefficient (Wildman–Crippen LogP) is 0.0994. The van der Waals surface area contributed by atoms with Crippen LogP contribution in [0.5, 0.6) is 11.5 Å². The van der Waals surface area contributed by atoms with Crippen LogP contribution in [-0.4, -0.2) is 40.6 Å². The molecule has 0 aliphatic carbocycles. The monoisotopic (exact) mass is 275 g/mol. The average molecular weight is 275 g/mol. The molecule has 1 aromatic rings. The lowest BCUT2D eigenvalue weighted by molar-refractivity contribution is 0.263. The van der Waals surface area contributed by atoms with Gasteiger partial charge >= 0.3 is 0 Å². The SMILES string of the molecule is COc1cc(C(N)CO)c(OC)c(S(C)(=O)=O)c1. The van der Waals surface area contributed by atoms with E-state index in [1.165, 1.54) is 20.3 Å². The summed E-state index contributed by atoms with van der Waals surface area (Å²) in [5, 5.41) is 9.09. The van der Waals surface area contributed by atoms with E-state index in [1.54, 1.807) is 6.07 Å². The van der Waals surface area contributed by atoms with Gasteiger partial charge in [-0.15, -0.1) is 0 Å². The van der Waals surface area contributed by atoms with Gasteiger partial charge in [0.05, 0.1) is 26.9 Å². The lowest BCUT2D eigenvalue weighted by Crippen LogP contribution is -2.17. The Morgan fingerprint density at radius 1 is 1.33 bits per heavy atom. The van der Waals surface area contributed by atoms with Gasteiger partial charge in [-0.1, -0.05) is 0 Å². The van der Waals surface area contributed by atoms with Gasteiger partial charge in [0.15, 0.2) is 9.84 Å². The average Bonchev–Trinajstić information content (AvgIpc) is 2.34. The van der Waals surface area contributed by atoms with E-state index in [4.69, 9.17) is 20.3 Å². The van der Waals surface area contributed by atoms with Crippen LogP contribution in [0.3, 0.4) is 0 Å². The Bertz CT molecular complexity index is 526. The number of aliphatic hydroxyl groups excluding tert-OH is 1. The molecule has 1 rings (SSSR count). The molecule has 1 atom stereocenters. The molecule has 0 heterocycles. The van der Waals surface area contributed by atoms with Crippen molar-refractivity contribution in [1.82, 2.24) is 0 Å². The Morgan fingerprint density at radius 2 is 1.94 bits per heavy atom. The van der Waals surface area contributed by atoms with Gasteiger partial charge in [-0.3, -0.25) is 0 Å². The maximum absolute atomic E-state index is 11.7. The second kappa shape index (κ2) is 5.55. The first kappa shape index (κ1) is 14.7. The first-order chi connectivity index (χ1) is 8.35. The topological polar surface area (TPSA) is 98.8 Å². The normalized spacial score (nSPS) is 13.2. The molecule has 7 heteroatoms. The molecule has 1 aromatic carbocycles. The second-order valence-corrected chi connectivity index (χ2v) is 5.79. The summed E-state index contributed by atoms with van der Waals surface area (Å²) in [6.45, 7) is -0.327. The van der Waals surface area contributed by atoms with E-state index in [-0.39, 0.29) is 17.3 Å². The van der Waals surface area contributed by atoms with Crippen molar-refractivity contribution in [2.75, 3.05) is 27.1 Å². The van der Waals surface area contributed by atoms with Crippen molar-refractivity contribution in [2.24, 2.45) is 5.73 Å². The summed E-state index contributed by atoms with van der Waals surface area (Å²) in [7, 11) is -0.715. The van der Waals surface area contributed by atoms with Crippen molar-refractivity contribution in [3.63, 3.8) is 0 Å². The Morgan fingerprint density at radius 3 is 2.33 bits per heavy atom. The van der Waals surface area contributed by atoms with Crippen LogP contribution in [0.2, 0.25) is 0 Å². The zero-order valence-corrected chi connectivity index (χ0v) is 11.3. The zero-order valence-electron chi connectivity index (χ0n) is 10.5. The third kappa shape index (κ3) is 2.92. The third-order valence-corrected chi connectivity index (χ3v) is 3.59. The molecule has 0 aliphatic heterocycles. The number of benzene rings is 1. The summed E-state index contributed by atoms with van der Waals surface area (Å²) in [5.74, 6) is 0.481. The summed E-state index contributed by atoms with van der Waals surface area (Å²) >= 11 is 0. The summed E-state index contributed by atoms with van der Waals surface area (Å²) in [4.78, 5) is -0.0109. The Hall–Kier alpha value is -1.31. The van der Waals surface area contributed by atoms with E-state index in [0.717, 1.165) is 6.26 Å². The highest BCUT2D eigenvalue weighted by atomic mass is 32.2. The predicted molar refractivity (Wildman–Crippen MR) is 66.7 cm³/mol. The van der Waals surface area contributed by atoms with Gasteiger partial charge in [0, 0.05) is 17.9 Å². The van der Waals surface area contributed by atoms with Crippen LogP contribution < -0.4 is 15.2 Å². The van der Waals surface area contributed by atoms with Crippen molar-refractivity contribution in [3.8, 4) is 11.5 Å². The van der Waals surface area contributed by atoms with Gasteiger partial charge in [-0.2, -0.15) is 0 Å². The van der Waals surface area contributed by atoms with Crippen LogP contribution in [0.25, 0.3) is 0 Å². The zero-order chi connectivity index (χ0) is 13.9. The molecule has 0 spiro atoms. The molecule has 0 amide bonds. The van der Waals surface area contributed by atoms with E-state index in [9.17, 15) is 8.42 Å². The van der Waals surface area contributed by atoms with E-state index in [2.05, 4.69) is 0 Å². The molecule has 0 saturated carbocycles. The number of methoxy groups -OCH3 is 2. The van der Waals surface area contributed by atoms with Crippen molar-refractivity contribution < 1.29 is 23.0 Å². The Kier molecular flexibility index (Phi) is 4.55. The largest absolute Gasteiger partial charge is 0.497 e. The van der Waals surface area contributed by atoms with Gasteiger partial charge in [-0.25, -0.2) is 8.42 Å². The van der Waals surface area contributed by atoms with Crippen LogP contribution >= 0.6 is 0 Å². The summed E-state index contributed by atoms with van der Waals surface area (Å²) in [6, 6.07) is 2.17. The first-order valence-corrected chi connectivity index (χ1v) is 7.06. The summed E-state index contributed by atoms with van der Waals surface area (Å²) in [5.41, 5.74) is 6.11. The smallest absolute Gasteiger partial charge is 0.179 e. The molecule has 0 aromatic heterocycles. The Balaban J connectivity index is 3.60. The number of ether oxygens (including phenoxy) is 2. The summed E-state index contributed by atoms with van der Waals surface area (Å²) in [6.07, 6.45) is 1.07. The molecule has 0 fully saturated rings. The molecule has 6 nitrogen and oxygen atoms in total. The van der Waals surface area contributed by atoms with Crippen molar-refractivity contribution in [1.29, 1.82) is 0 Å². The van der Waals surface area contributed by atoms with Crippen molar-refractivity contribution in [3.05, 3.63) is 17.7 Å². The number of rotatable bonds is 5. The van der Waals surface area contributed by atoms with Crippen LogP contribution in [-0.2, 0) is 9.84 Å². The molecular formula is C11H17NO5S. The fraction of sp³-hybridized carbons (Fsp3) is 0.455. The highest BCUT2D eigenvalue weighted by Gasteiger charge is 2.22. The van der Waals surface area contributed by atoms with Crippen molar-refractivity contribution >= 4 is 9.84 Å². The Labute approximate surface area is 106 Å². The van der Waals surface area contributed by atoms with E-state index in [0.29, 0.717) is 11.3 Å². The number of nitrogens with two attached hydrogens (primary N) is 1. The molecule has 18 heavy (non-hydrogen) atoms. The van der Waals surface area contributed by atoms with E-state index in [1.807, 2.05) is 0 Å². The van der Waals surface area contributed by atoms with Crippen LogP contribution in [0.15, 0.2) is 17.0 Å². The fourth-order valence-electron chi connectivity index (χ4n) is 1.58. The molecule has 0 bridgehead atoms. The standard InChI is InChI=1S/C11H17NO5S/c1-16-7-4-8(9(12)6-13)11(17-2)10(5-7)18(3,14)15/h4-5,9,13H,6,12H2,1-3H3. The lowest BCUT2D eigenvalue weighted by Gasteiger charge is -2.17. The maximum atomic E-state index is 11.7. The third-order valence-electron chi connectivity index (χ3n) is 2.49. The maximum Gasteiger partial charge on any atom is 0.179 e. The number of hydrogen-bond acceptors (Lipinski definition) is 6. The van der Waals surface area contributed by atoms with E-state index < -0.39 is 15.9 Å². The molecule has 102 valence electrons. The minimum absolute atomic E-state index is 0.0109. The van der Waals surface area contributed by atoms with Gasteiger partial charge in [0.25, 0.3) is 0 Å². The summed E-state index contributed by atoms with van der Waals surface area (Å²) < 4.78 is 33.5. The minimum Gasteiger partial charge on any atom is -0.497 e. The molecule has 0 aliphatic rings. The van der Waals surface area contributed by atoms with Crippen molar-refractivity contribution in [2.45, 2.75) is 10.9 Å². The fourth-order valence-corrected chi connectivity index (χ4v) is 2.45. The molecular weight excluding hydrogens is 258 g/mol. The van der Waals surface area contributed by atoms with Crippen LogP contribution in [0.4, 0.5) is 0 Å². The van der Waals surface area contributed by atoms with E-state index >= 15 is 0 Å². The van der Waals surface area contributed by atoms with Gasteiger partial charge in [-0.05, 0) is 6.07 Å². The second-order valence-electron chi connectivity index (χ2n) is 3.81. The lowest BCUT2D eigenvalue weighted by atomic mass is 10.1. The number of sulfone groups is 1. The first-order valence-electron chi connectivity index (χ1n) is 5.17. The van der Waals surface area contributed by atoms with Gasteiger partial charge in [0.1, 0.15) is 16.4 Å². The van der Waals surface area contributed by atoms with Crippen LogP contribution in [0.1, 0.15) is 11.6 Å². The minimum atomic E-state index is -3.48. The van der Waals surface area contributed by atoms with Gasteiger partial charge in [0.2, 0.25) is 0 Å². The number of aliphatic hydroxyl groups is 1. The quantitative estimate of drug-likeness (QED) is 0.790. The number of hydrogen-bond donors (Lipinski definition) is 2. The highest BCUT2D eigenvalue weighted by molar-refractivity contribution is 7.90.